The molecule has 0 spiro atoms. The number of hydrogen-bond donors (Lipinski definition) is 0. The molecule has 6 fully saturated rings. The lowest BCUT2D eigenvalue weighted by molar-refractivity contribution is -0.140. The Balaban J connectivity index is 0.000000126. The van der Waals surface area contributed by atoms with Gasteiger partial charge in [-0.3, -0.25) is 67.5 Å². The summed E-state index contributed by atoms with van der Waals surface area (Å²) in [5.41, 5.74) is 10.1. The van der Waals surface area contributed by atoms with Gasteiger partial charge in [-0.25, -0.2) is 4.90 Å². The summed E-state index contributed by atoms with van der Waals surface area (Å²) in [6, 6.07) is 7.26. The van der Waals surface area contributed by atoms with Crippen LogP contribution in [0, 0.1) is 77.9 Å². The Morgan fingerprint density at radius 1 is 0.354 bits per heavy atom. The van der Waals surface area contributed by atoms with Crippen molar-refractivity contribution in [2.75, 3.05) is 33.1 Å². The van der Waals surface area contributed by atoms with Crippen molar-refractivity contribution in [3.63, 3.8) is 0 Å². The van der Waals surface area contributed by atoms with Gasteiger partial charge in [0.1, 0.15) is 0 Å². The minimum Gasteiger partial charge on any atom is -0.285 e. The highest BCUT2D eigenvalue weighted by Gasteiger charge is 2.62. The molecule has 3 saturated heterocycles. The predicted molar refractivity (Wildman–Crippen MR) is 313 cm³/mol. The summed E-state index contributed by atoms with van der Waals surface area (Å²) >= 11 is 0. The van der Waals surface area contributed by atoms with Crippen LogP contribution < -0.4 is 4.90 Å². The number of carbonyl (C=O) groups excluding carboxylic acids is 10. The van der Waals surface area contributed by atoms with Gasteiger partial charge in [-0.2, -0.15) is 0 Å². The lowest BCUT2D eigenvalue weighted by Gasteiger charge is -2.18. The van der Waals surface area contributed by atoms with Crippen LogP contribution in [0.15, 0.2) is 155 Å². The normalized spacial score (nSPS) is 31.4. The van der Waals surface area contributed by atoms with E-state index < -0.39 is 0 Å². The van der Waals surface area contributed by atoms with E-state index in [9.17, 15) is 47.9 Å². The van der Waals surface area contributed by atoms with Crippen LogP contribution in [0.2, 0.25) is 0 Å². The number of fused-ring (bicyclic) bond motifs is 15. The van der Waals surface area contributed by atoms with E-state index in [4.69, 9.17) is 0 Å². The minimum atomic E-state index is -0.279. The number of hydrogen-bond acceptors (Lipinski definition) is 10. The number of amides is 10. The average molecular weight is 1110 g/mol. The zero-order chi connectivity index (χ0) is 59.6. The number of carbonyl (C=O) groups is 10. The molecule has 1 aromatic carbocycles. The van der Waals surface area contributed by atoms with Crippen molar-refractivity contribution in [3.05, 3.63) is 160 Å². The maximum absolute atomic E-state index is 11.8. The number of imide groups is 5. The lowest BCUT2D eigenvalue weighted by Crippen LogP contribution is -2.29. The van der Waals surface area contributed by atoms with Gasteiger partial charge in [0.05, 0.1) is 41.2 Å². The molecule has 5 heterocycles. The van der Waals surface area contributed by atoms with Crippen LogP contribution in [0.25, 0.3) is 0 Å². The summed E-state index contributed by atoms with van der Waals surface area (Å²) in [6.07, 6.45) is 37.4. The average Bonchev–Trinajstić information content (AvgIpc) is 2.49. The molecule has 0 N–H and O–H groups in total. The van der Waals surface area contributed by atoms with Gasteiger partial charge in [0.15, 0.2) is 0 Å². The molecular formula is C67H77N5O10. The monoisotopic (exact) mass is 1110 g/mol. The topological polar surface area (TPSA) is 187 Å². The van der Waals surface area contributed by atoms with Gasteiger partial charge in [0.2, 0.25) is 35.4 Å². The van der Waals surface area contributed by atoms with Crippen LogP contribution >= 0.6 is 0 Å². The molecule has 10 amide bonds. The highest BCUT2D eigenvalue weighted by Crippen LogP contribution is 2.57. The third kappa shape index (κ3) is 12.1. The van der Waals surface area contributed by atoms with Gasteiger partial charge >= 0.3 is 0 Å². The van der Waals surface area contributed by atoms with Crippen molar-refractivity contribution < 1.29 is 47.9 Å². The third-order valence-corrected chi connectivity index (χ3v) is 18.3. The summed E-state index contributed by atoms with van der Waals surface area (Å²) in [5, 5.41) is 0. The first-order valence-corrected chi connectivity index (χ1v) is 28.5. The quantitative estimate of drug-likeness (QED) is 0.194. The summed E-state index contributed by atoms with van der Waals surface area (Å²) in [5.74, 6) is 1.12. The van der Waals surface area contributed by atoms with E-state index in [1.165, 1.54) is 98.8 Å². The molecule has 14 aliphatic rings. The standard InChI is InChI=1S/3C11H13NO2.C11H9NO2.3C6H8.C5H5NO2/c3*1-5-3-6-4-7(5)9-8(6)10(13)12(2)11(9)14;1-8-2-4-9(5-3-8)12-10(13)6-7-11(12)14;3*1-6-4-2-3-5-6;1-6-4(7)2-3-5(6)8/h3*3,6-9H,4H2,1-2H3;2-7H,1H3;3*2-4H,5H2,1H3;2-3H,1H3. The predicted octanol–water partition coefficient (Wildman–Crippen LogP) is 9.08. The van der Waals surface area contributed by atoms with E-state index in [1.54, 1.807) is 33.3 Å². The van der Waals surface area contributed by atoms with Crippen molar-refractivity contribution in [2.24, 2.45) is 71.0 Å². The van der Waals surface area contributed by atoms with E-state index in [1.807, 2.05) is 19.1 Å². The Labute approximate surface area is 481 Å². The zero-order valence-corrected chi connectivity index (χ0v) is 49.0. The number of likely N-dealkylation sites (N-methyl/N-ethyl adjacent to an activating group) is 1. The fourth-order valence-electron chi connectivity index (χ4n) is 13.8. The molecule has 3 saturated carbocycles. The summed E-state index contributed by atoms with van der Waals surface area (Å²) in [4.78, 5) is 120. The SMILES string of the molecule is CC1=CC2CC1C1C(=O)N(C)C(=O)C21.CC1=CC2CC1C1C(=O)N(C)C(=O)C21.CC1=CC2CC1C1C(=O)N(C)C(=O)C21.CC1=CC=CC1.CC1=CC=CC1.CC1=CC=CC1.CN1C(=O)C=CC1=O.Cc1ccc(N2C(=O)C=CC2=O)cc1. The second-order valence-corrected chi connectivity index (χ2v) is 23.8. The number of aryl methyl sites for hydroxylation is 1. The van der Waals surface area contributed by atoms with Gasteiger partial charge in [0.25, 0.3) is 23.6 Å². The second-order valence-electron chi connectivity index (χ2n) is 23.8. The maximum Gasteiger partial charge on any atom is 0.258 e. The molecule has 0 radical (unpaired) electrons. The van der Waals surface area contributed by atoms with Gasteiger partial charge in [-0.15, -0.1) is 0 Å². The van der Waals surface area contributed by atoms with Crippen LogP contribution in [0.3, 0.4) is 0 Å². The van der Waals surface area contributed by atoms with Gasteiger partial charge in [-0.1, -0.05) is 124 Å². The minimum absolute atomic E-state index is 0.0255. The molecule has 12 atom stereocenters. The molecule has 5 aliphatic heterocycles. The molecule has 9 aliphatic carbocycles. The molecule has 12 unspecified atom stereocenters. The summed E-state index contributed by atoms with van der Waals surface area (Å²) in [7, 11) is 6.28. The number of anilines is 1. The van der Waals surface area contributed by atoms with Crippen molar-refractivity contribution in [2.45, 2.75) is 87.0 Å². The molecule has 0 aromatic heterocycles. The van der Waals surface area contributed by atoms with Crippen molar-refractivity contribution in [1.29, 1.82) is 0 Å². The Bertz CT molecular complexity index is 2940. The van der Waals surface area contributed by atoms with Crippen LogP contribution in [0.5, 0.6) is 0 Å². The Kier molecular flexibility index (Phi) is 18.4. The third-order valence-electron chi connectivity index (χ3n) is 18.3. The van der Waals surface area contributed by atoms with Crippen LogP contribution in [-0.4, -0.2) is 107 Å². The smallest absolute Gasteiger partial charge is 0.258 e. The van der Waals surface area contributed by atoms with E-state index in [-0.39, 0.29) is 94.6 Å². The van der Waals surface area contributed by atoms with E-state index in [0.717, 1.165) is 34.6 Å². The molecule has 15 nitrogen and oxygen atoms in total. The van der Waals surface area contributed by atoms with Crippen LogP contribution in [0.4, 0.5) is 5.69 Å². The number of likely N-dealkylation sites (tertiary alicyclic amines) is 3. The van der Waals surface area contributed by atoms with Gasteiger partial charge in [0, 0.05) is 52.5 Å². The Hall–Kier alpha value is -7.94. The fourth-order valence-corrected chi connectivity index (χ4v) is 13.8. The molecule has 1 aromatic rings. The lowest BCUT2D eigenvalue weighted by atomic mass is 9.82. The van der Waals surface area contributed by atoms with Crippen molar-refractivity contribution in [1.82, 2.24) is 19.6 Å². The van der Waals surface area contributed by atoms with E-state index in [2.05, 4.69) is 114 Å². The fraction of sp³-hybridized carbons (Fsp3) is 0.433. The number of allylic oxidation sites excluding steroid dienone is 18. The second kappa shape index (κ2) is 25.1. The first-order valence-electron chi connectivity index (χ1n) is 28.5. The zero-order valence-electron chi connectivity index (χ0n) is 49.0. The first kappa shape index (κ1) is 60.2. The van der Waals surface area contributed by atoms with Gasteiger partial charge < -0.3 is 0 Å². The highest BCUT2D eigenvalue weighted by molar-refractivity contribution is 6.28. The van der Waals surface area contributed by atoms with Crippen LogP contribution in [0.1, 0.15) is 85.6 Å². The number of rotatable bonds is 1. The van der Waals surface area contributed by atoms with Crippen molar-refractivity contribution in [3.8, 4) is 0 Å². The van der Waals surface area contributed by atoms with E-state index in [0.29, 0.717) is 41.2 Å². The Morgan fingerprint density at radius 3 is 0.866 bits per heavy atom. The Morgan fingerprint density at radius 2 is 0.634 bits per heavy atom. The summed E-state index contributed by atoms with van der Waals surface area (Å²) < 4.78 is 0. The largest absolute Gasteiger partial charge is 0.285 e. The number of benzene rings is 1. The molecule has 15 heteroatoms. The first-order chi connectivity index (χ1) is 38.9. The maximum atomic E-state index is 11.8. The molecule has 82 heavy (non-hydrogen) atoms. The van der Waals surface area contributed by atoms with Crippen LogP contribution in [-0.2, 0) is 47.9 Å². The number of nitrogens with zero attached hydrogens (tertiary/aromatic N) is 5. The van der Waals surface area contributed by atoms with E-state index >= 15 is 0 Å². The molecular weight excluding hydrogens is 1030 g/mol. The molecule has 15 rings (SSSR count). The highest BCUT2D eigenvalue weighted by atomic mass is 16.2. The van der Waals surface area contributed by atoms with Crippen molar-refractivity contribution >= 4 is 64.8 Å². The molecule has 430 valence electrons. The molecule has 6 bridgehead atoms. The summed E-state index contributed by atoms with van der Waals surface area (Å²) in [6.45, 7) is 14.6. The van der Waals surface area contributed by atoms with Gasteiger partial charge in [-0.05, 0) is 135 Å².